The van der Waals surface area contributed by atoms with E-state index in [1.165, 1.54) is 16.7 Å². The van der Waals surface area contributed by atoms with Crippen LogP contribution in [-0.4, -0.2) is 4.92 Å². The van der Waals surface area contributed by atoms with Gasteiger partial charge in [-0.15, -0.1) is 0 Å². The van der Waals surface area contributed by atoms with Crippen LogP contribution in [0.2, 0.25) is 0 Å². The normalized spacial score (nSPS) is 10.5. The second-order valence-electron chi connectivity index (χ2n) is 5.49. The smallest absolute Gasteiger partial charge is 0.274 e. The van der Waals surface area contributed by atoms with Crippen molar-refractivity contribution in [2.75, 3.05) is 5.32 Å². The summed E-state index contributed by atoms with van der Waals surface area (Å²) >= 11 is 0. The molecule has 2 aromatic carbocycles. The van der Waals surface area contributed by atoms with E-state index in [0.717, 1.165) is 11.3 Å². The van der Waals surface area contributed by atoms with E-state index in [-0.39, 0.29) is 10.6 Å². The van der Waals surface area contributed by atoms with Gasteiger partial charge in [0.1, 0.15) is 0 Å². The van der Waals surface area contributed by atoms with Crippen molar-refractivity contribution >= 4 is 11.4 Å². The molecule has 0 atom stereocenters. The van der Waals surface area contributed by atoms with Gasteiger partial charge in [-0.1, -0.05) is 23.8 Å². The molecule has 4 nitrogen and oxygen atoms in total. The van der Waals surface area contributed by atoms with Crippen LogP contribution in [0, 0.1) is 37.8 Å². The number of nitrogens with one attached hydrogen (secondary N) is 1. The first-order valence-corrected chi connectivity index (χ1v) is 6.94. The summed E-state index contributed by atoms with van der Waals surface area (Å²) in [5, 5.41) is 14.3. The number of nitro groups is 1. The molecule has 0 heterocycles. The average molecular weight is 284 g/mol. The van der Waals surface area contributed by atoms with Crippen LogP contribution in [0.5, 0.6) is 0 Å². The van der Waals surface area contributed by atoms with Crippen LogP contribution in [0.1, 0.15) is 27.8 Å². The maximum atomic E-state index is 11.0. The Hall–Kier alpha value is -2.36. The fourth-order valence-corrected chi connectivity index (χ4v) is 2.46. The molecule has 2 aromatic rings. The molecular formula is C17H20N2O2. The number of benzene rings is 2. The van der Waals surface area contributed by atoms with Gasteiger partial charge in [-0.2, -0.15) is 0 Å². The van der Waals surface area contributed by atoms with Crippen molar-refractivity contribution in [2.45, 2.75) is 34.2 Å². The van der Waals surface area contributed by atoms with E-state index in [0.29, 0.717) is 12.1 Å². The molecular weight excluding hydrogens is 264 g/mol. The summed E-state index contributed by atoms with van der Waals surface area (Å²) in [5.41, 5.74) is 6.33. The largest absolute Gasteiger partial charge is 0.381 e. The summed E-state index contributed by atoms with van der Waals surface area (Å²) in [7, 11) is 0. The molecule has 0 saturated heterocycles. The topological polar surface area (TPSA) is 55.2 Å². The van der Waals surface area contributed by atoms with Crippen LogP contribution in [0.3, 0.4) is 0 Å². The molecule has 2 rings (SSSR count). The van der Waals surface area contributed by atoms with Crippen LogP contribution in [-0.2, 0) is 6.54 Å². The molecule has 0 aromatic heterocycles. The highest BCUT2D eigenvalue weighted by atomic mass is 16.6. The van der Waals surface area contributed by atoms with Gasteiger partial charge in [-0.05, 0) is 50.5 Å². The summed E-state index contributed by atoms with van der Waals surface area (Å²) in [6.07, 6.45) is 0. The van der Waals surface area contributed by atoms with E-state index in [2.05, 4.69) is 37.4 Å². The van der Waals surface area contributed by atoms with Crippen LogP contribution in [0.4, 0.5) is 11.4 Å². The molecule has 0 aliphatic rings. The Bertz CT molecular complexity index is 693. The lowest BCUT2D eigenvalue weighted by Gasteiger charge is -2.12. The van der Waals surface area contributed by atoms with E-state index in [1.54, 1.807) is 13.0 Å². The van der Waals surface area contributed by atoms with Gasteiger partial charge in [0.2, 0.25) is 0 Å². The van der Waals surface area contributed by atoms with Crippen molar-refractivity contribution in [3.05, 3.63) is 68.3 Å². The van der Waals surface area contributed by atoms with Gasteiger partial charge in [0.15, 0.2) is 0 Å². The summed E-state index contributed by atoms with van der Waals surface area (Å²) < 4.78 is 0. The van der Waals surface area contributed by atoms with Crippen LogP contribution < -0.4 is 5.32 Å². The van der Waals surface area contributed by atoms with Gasteiger partial charge < -0.3 is 5.32 Å². The minimum atomic E-state index is -0.336. The standard InChI is InChI=1S/C17H20N2O2/c1-11-5-6-15(12(2)7-11)10-18-16-9-17(19(20)21)14(4)8-13(16)3/h5-9,18H,10H2,1-4H3. The lowest BCUT2D eigenvalue weighted by Crippen LogP contribution is -2.04. The first kappa shape index (κ1) is 15.0. The molecule has 0 fully saturated rings. The number of rotatable bonds is 4. The summed E-state index contributed by atoms with van der Waals surface area (Å²) in [4.78, 5) is 10.7. The Labute approximate surface area is 125 Å². The molecule has 4 heteroatoms. The summed E-state index contributed by atoms with van der Waals surface area (Å²) in [5.74, 6) is 0. The predicted molar refractivity (Wildman–Crippen MR) is 85.8 cm³/mol. The van der Waals surface area contributed by atoms with Gasteiger partial charge >= 0.3 is 0 Å². The average Bonchev–Trinajstić information content (AvgIpc) is 2.39. The molecule has 0 aliphatic heterocycles. The van der Waals surface area contributed by atoms with Gasteiger partial charge in [0, 0.05) is 23.9 Å². The van der Waals surface area contributed by atoms with Crippen molar-refractivity contribution in [1.29, 1.82) is 0 Å². The van der Waals surface area contributed by atoms with Gasteiger partial charge in [-0.3, -0.25) is 10.1 Å². The first-order valence-electron chi connectivity index (χ1n) is 6.94. The molecule has 1 N–H and O–H groups in total. The maximum absolute atomic E-state index is 11.0. The van der Waals surface area contributed by atoms with Crippen LogP contribution >= 0.6 is 0 Å². The zero-order chi connectivity index (χ0) is 15.6. The second-order valence-corrected chi connectivity index (χ2v) is 5.49. The number of nitrogens with zero attached hydrogens (tertiary/aromatic N) is 1. The maximum Gasteiger partial charge on any atom is 0.274 e. The van der Waals surface area contributed by atoms with Gasteiger partial charge in [-0.25, -0.2) is 0 Å². The fourth-order valence-electron chi connectivity index (χ4n) is 2.46. The molecule has 110 valence electrons. The van der Waals surface area contributed by atoms with Gasteiger partial charge in [0.05, 0.1) is 4.92 Å². The Kier molecular flexibility index (Phi) is 4.26. The predicted octanol–water partition coefficient (Wildman–Crippen LogP) is 4.44. The van der Waals surface area contributed by atoms with Crippen LogP contribution in [0.25, 0.3) is 0 Å². The van der Waals surface area contributed by atoms with E-state index in [1.807, 2.05) is 13.0 Å². The van der Waals surface area contributed by atoms with Crippen molar-refractivity contribution in [3.63, 3.8) is 0 Å². The quantitative estimate of drug-likeness (QED) is 0.667. The van der Waals surface area contributed by atoms with Crippen LogP contribution in [0.15, 0.2) is 30.3 Å². The molecule has 0 amide bonds. The van der Waals surface area contributed by atoms with E-state index in [9.17, 15) is 10.1 Å². The van der Waals surface area contributed by atoms with Crippen molar-refractivity contribution in [3.8, 4) is 0 Å². The monoisotopic (exact) mass is 284 g/mol. The molecule has 0 aliphatic carbocycles. The third-order valence-electron chi connectivity index (χ3n) is 3.71. The molecule has 0 unspecified atom stereocenters. The lowest BCUT2D eigenvalue weighted by atomic mass is 10.0. The third-order valence-corrected chi connectivity index (χ3v) is 3.71. The molecule has 0 saturated carbocycles. The third kappa shape index (κ3) is 3.40. The second kappa shape index (κ2) is 5.95. The Morgan fingerprint density at radius 1 is 1.00 bits per heavy atom. The van der Waals surface area contributed by atoms with Crippen molar-refractivity contribution < 1.29 is 4.92 Å². The summed E-state index contributed by atoms with van der Waals surface area (Å²) in [6, 6.07) is 9.78. The molecule has 0 spiro atoms. The van der Waals surface area contributed by atoms with E-state index < -0.39 is 0 Å². The number of anilines is 1. The SMILES string of the molecule is Cc1ccc(CNc2cc([N+](=O)[O-])c(C)cc2C)c(C)c1. The highest BCUT2D eigenvalue weighted by Crippen LogP contribution is 2.26. The number of hydrogen-bond donors (Lipinski definition) is 1. The highest BCUT2D eigenvalue weighted by molar-refractivity contribution is 5.60. The number of nitro benzene ring substituents is 1. The minimum Gasteiger partial charge on any atom is -0.381 e. The Morgan fingerprint density at radius 2 is 1.71 bits per heavy atom. The lowest BCUT2D eigenvalue weighted by molar-refractivity contribution is -0.385. The number of aryl methyl sites for hydroxylation is 4. The molecule has 0 bridgehead atoms. The van der Waals surface area contributed by atoms with Crippen molar-refractivity contribution in [1.82, 2.24) is 0 Å². The zero-order valence-electron chi connectivity index (χ0n) is 12.9. The molecule has 0 radical (unpaired) electrons. The number of hydrogen-bond acceptors (Lipinski definition) is 3. The molecule has 21 heavy (non-hydrogen) atoms. The summed E-state index contributed by atoms with van der Waals surface area (Å²) in [6.45, 7) is 8.53. The first-order chi connectivity index (χ1) is 9.88. The van der Waals surface area contributed by atoms with Gasteiger partial charge in [0.25, 0.3) is 5.69 Å². The van der Waals surface area contributed by atoms with Crippen molar-refractivity contribution in [2.24, 2.45) is 0 Å². The highest BCUT2D eigenvalue weighted by Gasteiger charge is 2.13. The Morgan fingerprint density at radius 3 is 2.33 bits per heavy atom. The minimum absolute atomic E-state index is 0.156. The van der Waals surface area contributed by atoms with E-state index in [4.69, 9.17) is 0 Å². The zero-order valence-corrected chi connectivity index (χ0v) is 12.9. The Balaban J connectivity index is 2.23. The fraction of sp³-hybridized carbons (Fsp3) is 0.294. The van der Waals surface area contributed by atoms with E-state index >= 15 is 0 Å².